The Morgan fingerprint density at radius 1 is 0.889 bits per heavy atom. The summed E-state index contributed by atoms with van der Waals surface area (Å²) >= 11 is 5.85. The molecule has 4 heteroatoms. The summed E-state index contributed by atoms with van der Waals surface area (Å²) in [5, 5.41) is 9.87. The number of aromatic nitrogens is 2. The van der Waals surface area contributed by atoms with Gasteiger partial charge in [-0.1, -0.05) is 92.1 Å². The van der Waals surface area contributed by atoms with E-state index in [1.54, 1.807) is 0 Å². The lowest BCUT2D eigenvalue weighted by molar-refractivity contribution is 0.350. The van der Waals surface area contributed by atoms with Gasteiger partial charge in [0.1, 0.15) is 22.1 Å². The molecule has 0 atom stereocenters. The number of hydrogen-bond acceptors (Lipinski definition) is 3. The van der Waals surface area contributed by atoms with Gasteiger partial charge in [-0.2, -0.15) is 5.26 Å². The van der Waals surface area contributed by atoms with E-state index >= 15 is 0 Å². The van der Waals surface area contributed by atoms with E-state index in [1.807, 2.05) is 48.5 Å². The van der Waals surface area contributed by atoms with Crippen LogP contribution in [0.15, 0.2) is 60.7 Å². The van der Waals surface area contributed by atoms with E-state index < -0.39 is 0 Å². The van der Waals surface area contributed by atoms with Crippen LogP contribution in [-0.2, 0) is 0 Å². The summed E-state index contributed by atoms with van der Waals surface area (Å²) in [7, 11) is 0. The Morgan fingerprint density at radius 2 is 1.48 bits per heavy atom. The van der Waals surface area contributed by atoms with Gasteiger partial charge in [0, 0.05) is 17.2 Å². The third kappa shape index (κ3) is 3.43. The van der Waals surface area contributed by atoms with Gasteiger partial charge in [-0.3, -0.25) is 0 Å². The van der Waals surface area contributed by atoms with E-state index in [0.29, 0.717) is 21.9 Å². The smallest absolute Gasteiger partial charge is 0.141 e. The summed E-state index contributed by atoms with van der Waals surface area (Å²) in [6, 6.07) is 22.7. The van der Waals surface area contributed by atoms with E-state index in [2.05, 4.69) is 22.8 Å². The summed E-state index contributed by atoms with van der Waals surface area (Å²) in [5.74, 6) is 0.866. The molecule has 0 unspecified atom stereocenters. The zero-order chi connectivity index (χ0) is 18.6. The topological polar surface area (TPSA) is 41.6 Å². The second-order valence-electron chi connectivity index (χ2n) is 6.97. The van der Waals surface area contributed by atoms with Gasteiger partial charge in [0.15, 0.2) is 0 Å². The third-order valence-corrected chi connectivity index (χ3v) is 5.65. The Morgan fingerprint density at radius 3 is 2.07 bits per heavy atom. The number of nitrogens with zero attached hydrogens (tertiary/aromatic N) is 3. The molecule has 1 saturated carbocycles. The molecule has 1 aliphatic carbocycles. The minimum Gasteiger partial charge on any atom is -0.313 e. The molecule has 0 N–H and O–H groups in total. The summed E-state index contributed by atoms with van der Waals surface area (Å²) in [4.78, 5) is 4.99. The molecule has 0 amide bonds. The fraction of sp³-hybridized carbons (Fsp3) is 0.261. The molecule has 0 radical (unpaired) electrons. The van der Waals surface area contributed by atoms with Gasteiger partial charge in [-0.25, -0.2) is 4.98 Å². The number of benzene rings is 2. The number of rotatable bonds is 3. The zero-order valence-corrected chi connectivity index (χ0v) is 16.0. The molecule has 3 nitrogen and oxygen atoms in total. The van der Waals surface area contributed by atoms with Crippen LogP contribution in [0.3, 0.4) is 0 Å². The van der Waals surface area contributed by atoms with Crippen LogP contribution in [0.4, 0.5) is 0 Å². The van der Waals surface area contributed by atoms with Crippen molar-refractivity contribution >= 4 is 12.2 Å². The van der Waals surface area contributed by atoms with Crippen molar-refractivity contribution < 1.29 is 0 Å². The Kier molecular flexibility index (Phi) is 5.13. The molecule has 0 spiro atoms. The van der Waals surface area contributed by atoms with Crippen molar-refractivity contribution in [1.82, 2.24) is 9.55 Å². The van der Waals surface area contributed by atoms with Gasteiger partial charge in [0.25, 0.3) is 0 Å². The van der Waals surface area contributed by atoms with E-state index in [9.17, 15) is 5.26 Å². The lowest BCUT2D eigenvalue weighted by Crippen LogP contribution is -2.18. The zero-order valence-electron chi connectivity index (χ0n) is 15.1. The van der Waals surface area contributed by atoms with Crippen LogP contribution in [0, 0.1) is 16.0 Å². The van der Waals surface area contributed by atoms with Crippen molar-refractivity contribution in [3.63, 3.8) is 0 Å². The van der Waals surface area contributed by atoms with Crippen LogP contribution < -0.4 is 0 Å². The summed E-state index contributed by atoms with van der Waals surface area (Å²) < 4.78 is 2.76. The molecule has 1 aromatic heterocycles. The van der Waals surface area contributed by atoms with E-state index in [1.165, 1.54) is 19.3 Å². The average molecular weight is 372 g/mol. The standard InChI is InChI=1S/C23H21N3S/c24-16-20-21(17-10-4-1-5-11-17)25-22(18-12-6-2-7-13-18)26(23(20)27)19-14-8-3-9-15-19/h1-2,4-7,10-13,19H,3,8-9,14-15H2. The van der Waals surface area contributed by atoms with Gasteiger partial charge in [0.05, 0.1) is 5.69 Å². The fourth-order valence-electron chi connectivity index (χ4n) is 3.91. The SMILES string of the molecule is N#Cc1c(-c2ccccc2)nc(-c2ccccc2)n(C2CCCCC2)c1=S. The van der Waals surface area contributed by atoms with Crippen LogP contribution in [0.5, 0.6) is 0 Å². The van der Waals surface area contributed by atoms with Gasteiger partial charge in [-0.15, -0.1) is 0 Å². The Balaban J connectivity index is 2.01. The number of hydrogen-bond donors (Lipinski definition) is 0. The van der Waals surface area contributed by atoms with Crippen molar-refractivity contribution in [1.29, 1.82) is 5.26 Å². The fourth-order valence-corrected chi connectivity index (χ4v) is 4.29. The van der Waals surface area contributed by atoms with Gasteiger partial charge in [0.2, 0.25) is 0 Å². The predicted octanol–water partition coefficient (Wildman–Crippen LogP) is 6.32. The maximum Gasteiger partial charge on any atom is 0.141 e. The first-order chi connectivity index (χ1) is 13.3. The molecule has 0 bridgehead atoms. The maximum atomic E-state index is 9.87. The van der Waals surface area contributed by atoms with E-state index in [-0.39, 0.29) is 0 Å². The molecule has 3 aromatic rings. The van der Waals surface area contributed by atoms with E-state index in [0.717, 1.165) is 29.8 Å². The molecule has 4 rings (SSSR count). The first-order valence-electron chi connectivity index (χ1n) is 9.47. The van der Waals surface area contributed by atoms with Crippen molar-refractivity contribution in [2.24, 2.45) is 0 Å². The summed E-state index contributed by atoms with van der Waals surface area (Å²) in [5.41, 5.74) is 3.14. The van der Waals surface area contributed by atoms with E-state index in [4.69, 9.17) is 17.2 Å². The molecular formula is C23H21N3S. The molecule has 2 aromatic carbocycles. The molecule has 0 aliphatic heterocycles. The van der Waals surface area contributed by atoms with Crippen molar-refractivity contribution in [3.05, 3.63) is 70.9 Å². The van der Waals surface area contributed by atoms with Crippen molar-refractivity contribution in [3.8, 4) is 28.7 Å². The van der Waals surface area contributed by atoms with Crippen LogP contribution >= 0.6 is 12.2 Å². The molecule has 0 saturated heterocycles. The highest BCUT2D eigenvalue weighted by molar-refractivity contribution is 7.71. The molecule has 27 heavy (non-hydrogen) atoms. The highest BCUT2D eigenvalue weighted by Crippen LogP contribution is 2.35. The Bertz CT molecular complexity index is 1030. The molecule has 1 aliphatic rings. The summed E-state index contributed by atoms with van der Waals surface area (Å²) in [6.07, 6.45) is 5.84. The maximum absolute atomic E-state index is 9.87. The van der Waals surface area contributed by atoms with Crippen LogP contribution in [0.25, 0.3) is 22.6 Å². The summed E-state index contributed by atoms with van der Waals surface area (Å²) in [6.45, 7) is 0. The van der Waals surface area contributed by atoms with Crippen molar-refractivity contribution in [2.75, 3.05) is 0 Å². The minimum atomic E-state index is 0.311. The lowest BCUT2D eigenvalue weighted by atomic mass is 9.94. The molecule has 1 fully saturated rings. The van der Waals surface area contributed by atoms with Crippen LogP contribution in [0.1, 0.15) is 43.7 Å². The first-order valence-corrected chi connectivity index (χ1v) is 9.88. The molecular weight excluding hydrogens is 350 g/mol. The second kappa shape index (κ2) is 7.85. The van der Waals surface area contributed by atoms with Crippen LogP contribution in [0.2, 0.25) is 0 Å². The predicted molar refractivity (Wildman–Crippen MR) is 111 cm³/mol. The Labute approximate surface area is 164 Å². The van der Waals surface area contributed by atoms with Crippen molar-refractivity contribution in [2.45, 2.75) is 38.1 Å². The lowest BCUT2D eigenvalue weighted by Gasteiger charge is -2.28. The minimum absolute atomic E-state index is 0.311. The monoisotopic (exact) mass is 371 g/mol. The highest BCUT2D eigenvalue weighted by Gasteiger charge is 2.23. The number of nitriles is 1. The Hall–Kier alpha value is -2.77. The normalized spacial score (nSPS) is 14.6. The average Bonchev–Trinajstić information content (AvgIpc) is 2.75. The third-order valence-electron chi connectivity index (χ3n) is 5.25. The molecule has 1 heterocycles. The largest absolute Gasteiger partial charge is 0.313 e. The van der Waals surface area contributed by atoms with Gasteiger partial charge < -0.3 is 4.57 Å². The van der Waals surface area contributed by atoms with Gasteiger partial charge in [-0.05, 0) is 12.8 Å². The first kappa shape index (κ1) is 17.6. The van der Waals surface area contributed by atoms with Crippen LogP contribution in [-0.4, -0.2) is 9.55 Å². The quantitative estimate of drug-likeness (QED) is 0.506. The molecule has 134 valence electrons. The second-order valence-corrected chi connectivity index (χ2v) is 7.36. The highest BCUT2D eigenvalue weighted by atomic mass is 32.1. The van der Waals surface area contributed by atoms with Gasteiger partial charge >= 0.3 is 0 Å².